The number of carbonyl (C=O) groups is 1. The average molecular weight is 725 g/mol. The van der Waals surface area contributed by atoms with Crippen molar-refractivity contribution < 1.29 is 4.79 Å². The zero-order valence-electron chi connectivity index (χ0n) is 29.4. The van der Waals surface area contributed by atoms with Gasteiger partial charge in [-0.25, -0.2) is 15.0 Å². The summed E-state index contributed by atoms with van der Waals surface area (Å²) in [5.41, 5.74) is 7.23. The molecular formula is C44H36N8OS. The third-order valence-corrected chi connectivity index (χ3v) is 10.8. The zero-order valence-corrected chi connectivity index (χ0v) is 30.2. The van der Waals surface area contributed by atoms with Gasteiger partial charge in [0.15, 0.2) is 5.13 Å². The van der Waals surface area contributed by atoms with E-state index in [9.17, 15) is 4.79 Å². The number of amides is 1. The van der Waals surface area contributed by atoms with Crippen molar-refractivity contribution in [3.8, 4) is 11.1 Å². The Kier molecular flexibility index (Phi) is 8.86. The number of rotatable bonds is 9. The Morgan fingerprint density at radius 3 is 1.98 bits per heavy atom. The van der Waals surface area contributed by atoms with Crippen LogP contribution in [-0.4, -0.2) is 56.8 Å². The predicted molar refractivity (Wildman–Crippen MR) is 216 cm³/mol. The molecule has 0 spiro atoms. The van der Waals surface area contributed by atoms with Gasteiger partial charge in [-0.1, -0.05) is 103 Å². The normalized spacial score (nSPS) is 13.3. The second-order valence-electron chi connectivity index (χ2n) is 13.2. The van der Waals surface area contributed by atoms with Gasteiger partial charge in [-0.05, 0) is 52.6 Å². The van der Waals surface area contributed by atoms with Crippen molar-refractivity contribution in [2.75, 3.05) is 41.3 Å². The zero-order chi connectivity index (χ0) is 36.3. The molecule has 0 atom stereocenters. The number of piperazine rings is 1. The van der Waals surface area contributed by atoms with Crippen LogP contribution in [0.4, 0.5) is 16.6 Å². The lowest BCUT2D eigenvalue weighted by molar-refractivity contribution is 0.102. The first-order chi connectivity index (χ1) is 26.7. The summed E-state index contributed by atoms with van der Waals surface area (Å²) < 4.78 is 2.10. The van der Waals surface area contributed by atoms with E-state index in [2.05, 4.69) is 151 Å². The summed E-state index contributed by atoms with van der Waals surface area (Å²) in [5.74, 6) is 0.753. The molecule has 0 bridgehead atoms. The van der Waals surface area contributed by atoms with E-state index in [-0.39, 0.29) is 5.91 Å². The highest BCUT2D eigenvalue weighted by molar-refractivity contribution is 7.13. The van der Waals surface area contributed by atoms with Crippen molar-refractivity contribution in [1.82, 2.24) is 24.7 Å². The van der Waals surface area contributed by atoms with Gasteiger partial charge in [-0.2, -0.15) is 5.10 Å². The average Bonchev–Trinajstić information content (AvgIpc) is 3.96. The molecule has 1 aliphatic heterocycles. The molecule has 1 saturated heterocycles. The Morgan fingerprint density at radius 2 is 1.33 bits per heavy atom. The smallest absolute Gasteiger partial charge is 0.257 e. The molecular weight excluding hydrogens is 689 g/mol. The van der Waals surface area contributed by atoms with Gasteiger partial charge in [0.1, 0.15) is 17.7 Å². The number of thiazole rings is 1. The molecule has 4 heterocycles. The summed E-state index contributed by atoms with van der Waals surface area (Å²) in [6.07, 6.45) is 7.45. The number of fused-ring (bicyclic) bond motifs is 1. The minimum atomic E-state index is -0.697. The number of nitrogens with one attached hydrogen (secondary N) is 1. The third kappa shape index (κ3) is 6.16. The molecule has 54 heavy (non-hydrogen) atoms. The Bertz CT molecular complexity index is 2420. The summed E-state index contributed by atoms with van der Waals surface area (Å²) in [7, 11) is 0. The second kappa shape index (κ2) is 14.4. The number of aromatic nitrogens is 5. The molecule has 10 heteroatoms. The Balaban J connectivity index is 1.02. The number of hydrogen-bond donors (Lipinski definition) is 1. The fourth-order valence-corrected chi connectivity index (χ4v) is 8.06. The first kappa shape index (κ1) is 33.2. The second-order valence-corrected chi connectivity index (χ2v) is 14.1. The Hall–Kier alpha value is -6.65. The van der Waals surface area contributed by atoms with Crippen LogP contribution in [0.3, 0.4) is 0 Å². The van der Waals surface area contributed by atoms with Gasteiger partial charge in [-0.3, -0.25) is 14.8 Å². The molecule has 0 radical (unpaired) electrons. The minimum absolute atomic E-state index is 0.162. The summed E-state index contributed by atoms with van der Waals surface area (Å²) in [4.78, 5) is 31.2. The molecule has 0 saturated carbocycles. The number of carbonyl (C=O) groups excluding carboxylic acids is 1. The van der Waals surface area contributed by atoms with E-state index in [1.165, 1.54) is 11.3 Å². The summed E-state index contributed by atoms with van der Waals surface area (Å²) >= 11 is 1.40. The Labute approximate surface area is 317 Å². The van der Waals surface area contributed by atoms with Crippen molar-refractivity contribution in [3.05, 3.63) is 186 Å². The first-order valence-corrected chi connectivity index (χ1v) is 18.8. The lowest BCUT2D eigenvalue weighted by Crippen LogP contribution is -2.47. The van der Waals surface area contributed by atoms with E-state index in [0.29, 0.717) is 10.7 Å². The highest BCUT2D eigenvalue weighted by Gasteiger charge is 2.39. The van der Waals surface area contributed by atoms with Gasteiger partial charge < -0.3 is 9.80 Å². The molecule has 1 aliphatic rings. The van der Waals surface area contributed by atoms with E-state index in [1.54, 1.807) is 12.5 Å². The van der Waals surface area contributed by atoms with Gasteiger partial charge in [-0.15, -0.1) is 11.3 Å². The quantitative estimate of drug-likeness (QED) is 0.150. The van der Waals surface area contributed by atoms with E-state index in [4.69, 9.17) is 10.1 Å². The van der Waals surface area contributed by atoms with E-state index in [1.807, 2.05) is 29.8 Å². The number of benzene rings is 5. The van der Waals surface area contributed by atoms with E-state index < -0.39 is 5.54 Å². The summed E-state index contributed by atoms with van der Waals surface area (Å²) in [5, 5.41) is 11.4. The maximum atomic E-state index is 12.9. The SMILES string of the molecule is O=C(Nc1nccs1)c1cccc(N2CCN(c3ncnc4ccc(-c5cnn(C(c6ccccc6)(c6ccccc6)c6ccccc6)c5)cc34)CC2)c1. The van der Waals surface area contributed by atoms with Crippen molar-refractivity contribution in [2.45, 2.75) is 5.54 Å². The molecule has 1 N–H and O–H groups in total. The first-order valence-electron chi connectivity index (χ1n) is 17.9. The van der Waals surface area contributed by atoms with Crippen LogP contribution in [0.15, 0.2) is 164 Å². The molecule has 0 unspecified atom stereocenters. The number of nitrogens with zero attached hydrogens (tertiary/aromatic N) is 7. The fourth-order valence-electron chi connectivity index (χ4n) is 7.54. The lowest BCUT2D eigenvalue weighted by Gasteiger charge is -2.37. The van der Waals surface area contributed by atoms with Gasteiger partial charge >= 0.3 is 0 Å². The van der Waals surface area contributed by atoms with Crippen LogP contribution in [0.5, 0.6) is 0 Å². The lowest BCUT2D eigenvalue weighted by atomic mass is 9.77. The summed E-state index contributed by atoms with van der Waals surface area (Å²) in [6.45, 7) is 3.13. The molecule has 0 aliphatic carbocycles. The topological polar surface area (TPSA) is 92.1 Å². The maximum Gasteiger partial charge on any atom is 0.257 e. The van der Waals surface area contributed by atoms with Crippen LogP contribution in [0, 0.1) is 0 Å². The number of anilines is 3. The van der Waals surface area contributed by atoms with Gasteiger partial charge in [0.2, 0.25) is 0 Å². The number of hydrogen-bond acceptors (Lipinski definition) is 8. The van der Waals surface area contributed by atoms with Gasteiger partial charge in [0.25, 0.3) is 5.91 Å². The van der Waals surface area contributed by atoms with Crippen LogP contribution in [-0.2, 0) is 5.54 Å². The predicted octanol–water partition coefficient (Wildman–Crippen LogP) is 8.37. The van der Waals surface area contributed by atoms with Crippen LogP contribution < -0.4 is 15.1 Å². The Morgan fingerprint density at radius 1 is 0.667 bits per heavy atom. The fraction of sp³-hybridized carbons (Fsp3) is 0.114. The molecule has 9 nitrogen and oxygen atoms in total. The molecule has 1 fully saturated rings. The van der Waals surface area contributed by atoms with Gasteiger partial charge in [0.05, 0.1) is 11.7 Å². The van der Waals surface area contributed by atoms with Crippen LogP contribution >= 0.6 is 11.3 Å². The van der Waals surface area contributed by atoms with Crippen molar-refractivity contribution in [1.29, 1.82) is 0 Å². The monoisotopic (exact) mass is 724 g/mol. The molecule has 5 aromatic carbocycles. The third-order valence-electron chi connectivity index (χ3n) is 10.2. The van der Waals surface area contributed by atoms with E-state index in [0.717, 1.165) is 76.4 Å². The maximum absolute atomic E-state index is 12.9. The highest BCUT2D eigenvalue weighted by atomic mass is 32.1. The van der Waals surface area contributed by atoms with Crippen molar-refractivity contribution >= 4 is 44.8 Å². The van der Waals surface area contributed by atoms with Crippen LogP contribution in [0.1, 0.15) is 27.0 Å². The highest BCUT2D eigenvalue weighted by Crippen LogP contribution is 2.41. The molecule has 8 aromatic rings. The van der Waals surface area contributed by atoms with E-state index >= 15 is 0 Å². The summed E-state index contributed by atoms with van der Waals surface area (Å²) in [6, 6.07) is 45.9. The molecule has 3 aromatic heterocycles. The van der Waals surface area contributed by atoms with Crippen molar-refractivity contribution in [2.24, 2.45) is 0 Å². The minimum Gasteiger partial charge on any atom is -0.368 e. The van der Waals surface area contributed by atoms with Crippen LogP contribution in [0.25, 0.3) is 22.0 Å². The van der Waals surface area contributed by atoms with Crippen molar-refractivity contribution in [3.63, 3.8) is 0 Å². The standard InChI is InChI=1S/C44H36N8OS/c53-42(49-43-45-21-26-54-43)33-11-10-18-38(27-33)50-22-24-51(25-23-50)41-39-28-32(19-20-40(39)46-31-47-41)34-29-48-52(30-34)44(35-12-4-1-5-13-35,36-14-6-2-7-15-36)37-16-8-3-9-17-37/h1-21,26-31H,22-25H2,(H,45,49,53). The molecule has 264 valence electrons. The van der Waals surface area contributed by atoms with Crippen LogP contribution in [0.2, 0.25) is 0 Å². The largest absolute Gasteiger partial charge is 0.368 e. The van der Waals surface area contributed by atoms with Gasteiger partial charge in [0, 0.05) is 66.2 Å². The molecule has 1 amide bonds. The molecule has 9 rings (SSSR count).